The van der Waals surface area contributed by atoms with Gasteiger partial charge in [0.25, 0.3) is 6.47 Å². The van der Waals surface area contributed by atoms with Gasteiger partial charge >= 0.3 is 0 Å². The normalized spacial score (nSPS) is 14.6. The Bertz CT molecular complexity index is 1000. The standard InChI is InChI=1S/C25H35FN2O.C4H10O.CH2O2/c1-7-15-29-22-10-9-19(16-21(22)26)23-18(4)27-17(3)20(8-2)24(23)28-13-11-25(5,6)12-14-28;1-4(2,3)5;2-1-3/h9-10,16H,7-8,11-15H2,1-6H3;5H,1-3H3;1H,(H,2,3). The second kappa shape index (κ2) is 14.3. The number of hydrogen-bond acceptors (Lipinski definition) is 5. The molecule has 1 aromatic carbocycles. The molecule has 0 spiro atoms. The summed E-state index contributed by atoms with van der Waals surface area (Å²) in [5.41, 5.74) is 6.38. The van der Waals surface area contributed by atoms with E-state index >= 15 is 0 Å². The zero-order valence-corrected chi connectivity index (χ0v) is 24.2. The van der Waals surface area contributed by atoms with E-state index in [1.54, 1.807) is 32.9 Å². The lowest BCUT2D eigenvalue weighted by atomic mass is 9.82. The highest BCUT2D eigenvalue weighted by Crippen LogP contribution is 2.42. The van der Waals surface area contributed by atoms with Gasteiger partial charge < -0.3 is 19.8 Å². The van der Waals surface area contributed by atoms with Crippen LogP contribution in [0.5, 0.6) is 5.75 Å². The molecule has 0 amide bonds. The van der Waals surface area contributed by atoms with Crippen molar-refractivity contribution in [2.75, 3.05) is 24.6 Å². The molecule has 1 aromatic heterocycles. The smallest absolute Gasteiger partial charge is 0.290 e. The van der Waals surface area contributed by atoms with Crippen LogP contribution >= 0.6 is 0 Å². The number of rotatable bonds is 6. The summed E-state index contributed by atoms with van der Waals surface area (Å²) in [6.45, 7) is 20.6. The highest BCUT2D eigenvalue weighted by atomic mass is 19.1. The van der Waals surface area contributed by atoms with Crippen LogP contribution in [0.1, 0.15) is 84.7 Å². The molecule has 208 valence electrons. The van der Waals surface area contributed by atoms with Gasteiger partial charge in [-0.05, 0) is 89.0 Å². The fraction of sp³-hybridized carbons (Fsp3) is 0.600. The number of pyridine rings is 1. The Hall–Kier alpha value is -2.67. The summed E-state index contributed by atoms with van der Waals surface area (Å²) < 4.78 is 20.3. The molecule has 0 unspecified atom stereocenters. The molecule has 1 fully saturated rings. The molecule has 6 nitrogen and oxygen atoms in total. The first kappa shape index (κ1) is 32.4. The second-order valence-corrected chi connectivity index (χ2v) is 11.3. The lowest BCUT2D eigenvalue weighted by molar-refractivity contribution is -0.122. The maximum absolute atomic E-state index is 14.8. The van der Waals surface area contributed by atoms with Gasteiger partial charge in [-0.2, -0.15) is 0 Å². The number of hydrogen-bond donors (Lipinski definition) is 2. The number of anilines is 1. The third kappa shape index (κ3) is 10.3. The van der Waals surface area contributed by atoms with E-state index in [0.717, 1.165) is 61.3 Å². The van der Waals surface area contributed by atoms with Crippen LogP contribution < -0.4 is 9.64 Å². The predicted octanol–water partition coefficient (Wildman–Crippen LogP) is 6.96. The number of nitrogens with zero attached hydrogens (tertiary/aromatic N) is 2. The molecule has 1 aliphatic heterocycles. The first-order valence-corrected chi connectivity index (χ1v) is 13.2. The molecular weight excluding hydrogens is 471 g/mol. The summed E-state index contributed by atoms with van der Waals surface area (Å²) in [6.07, 6.45) is 4.10. The summed E-state index contributed by atoms with van der Waals surface area (Å²) in [4.78, 5) is 15.7. The van der Waals surface area contributed by atoms with Crippen LogP contribution in [0.2, 0.25) is 0 Å². The van der Waals surface area contributed by atoms with Crippen molar-refractivity contribution in [1.82, 2.24) is 4.98 Å². The zero-order chi connectivity index (χ0) is 28.4. The van der Waals surface area contributed by atoms with Gasteiger partial charge in [0.2, 0.25) is 0 Å². The zero-order valence-electron chi connectivity index (χ0n) is 24.2. The first-order valence-electron chi connectivity index (χ1n) is 13.2. The maximum atomic E-state index is 14.8. The van der Waals surface area contributed by atoms with E-state index < -0.39 is 5.60 Å². The highest BCUT2D eigenvalue weighted by molar-refractivity contribution is 5.83. The molecule has 2 heterocycles. The Kier molecular flexibility index (Phi) is 12.5. The van der Waals surface area contributed by atoms with E-state index in [4.69, 9.17) is 24.7 Å². The number of ether oxygens (including phenoxy) is 1. The topological polar surface area (TPSA) is 82.9 Å². The van der Waals surface area contributed by atoms with Crippen LogP contribution in [-0.4, -0.2) is 47.0 Å². The Morgan fingerprint density at radius 2 is 1.68 bits per heavy atom. The average Bonchev–Trinajstić information content (AvgIpc) is 2.77. The van der Waals surface area contributed by atoms with Crippen molar-refractivity contribution in [3.8, 4) is 16.9 Å². The second-order valence-electron chi connectivity index (χ2n) is 11.3. The van der Waals surface area contributed by atoms with Gasteiger partial charge in [-0.15, -0.1) is 0 Å². The molecule has 0 aliphatic carbocycles. The van der Waals surface area contributed by atoms with Gasteiger partial charge in [0.05, 0.1) is 17.9 Å². The largest absolute Gasteiger partial charge is 0.491 e. The van der Waals surface area contributed by atoms with Gasteiger partial charge in [-0.1, -0.05) is 33.8 Å². The van der Waals surface area contributed by atoms with E-state index in [9.17, 15) is 4.39 Å². The number of aromatic nitrogens is 1. The number of benzene rings is 1. The van der Waals surface area contributed by atoms with Crippen LogP contribution in [0.15, 0.2) is 18.2 Å². The maximum Gasteiger partial charge on any atom is 0.290 e. The number of carboxylic acid groups (broad SMARTS) is 1. The van der Waals surface area contributed by atoms with Crippen LogP contribution in [0.3, 0.4) is 0 Å². The number of halogens is 1. The molecule has 0 saturated carbocycles. The molecule has 3 rings (SSSR count). The van der Waals surface area contributed by atoms with Crippen LogP contribution in [0, 0.1) is 25.1 Å². The molecule has 0 radical (unpaired) electrons. The van der Waals surface area contributed by atoms with Gasteiger partial charge in [0.1, 0.15) is 0 Å². The molecule has 0 bridgehead atoms. The van der Waals surface area contributed by atoms with E-state index in [-0.39, 0.29) is 12.3 Å². The van der Waals surface area contributed by atoms with Crippen molar-refractivity contribution < 1.29 is 24.1 Å². The average molecular weight is 519 g/mol. The third-order valence-corrected chi connectivity index (χ3v) is 6.13. The molecular formula is C30H47FN2O4. The first-order chi connectivity index (χ1) is 17.2. The van der Waals surface area contributed by atoms with Crippen molar-refractivity contribution in [2.45, 2.75) is 93.6 Å². The Morgan fingerprint density at radius 3 is 2.14 bits per heavy atom. The predicted molar refractivity (Wildman–Crippen MR) is 150 cm³/mol. The van der Waals surface area contributed by atoms with E-state index in [0.29, 0.717) is 17.8 Å². The Balaban J connectivity index is 0.000000751. The molecule has 37 heavy (non-hydrogen) atoms. The van der Waals surface area contributed by atoms with Gasteiger partial charge in [-0.3, -0.25) is 9.78 Å². The summed E-state index contributed by atoms with van der Waals surface area (Å²) in [7, 11) is 0. The van der Waals surface area contributed by atoms with Crippen molar-refractivity contribution in [3.05, 3.63) is 41.0 Å². The van der Waals surface area contributed by atoms with Gasteiger partial charge in [0.15, 0.2) is 11.6 Å². The summed E-state index contributed by atoms with van der Waals surface area (Å²) in [6, 6.07) is 5.35. The quantitative estimate of drug-likeness (QED) is 0.402. The van der Waals surface area contributed by atoms with Crippen LogP contribution in [0.25, 0.3) is 11.1 Å². The minimum atomic E-state index is -0.500. The highest BCUT2D eigenvalue weighted by Gasteiger charge is 2.29. The summed E-state index contributed by atoms with van der Waals surface area (Å²) in [5.74, 6) is 0.0185. The third-order valence-electron chi connectivity index (χ3n) is 6.13. The van der Waals surface area contributed by atoms with Crippen molar-refractivity contribution in [2.24, 2.45) is 5.41 Å². The summed E-state index contributed by atoms with van der Waals surface area (Å²) >= 11 is 0. The van der Waals surface area contributed by atoms with E-state index in [1.165, 1.54) is 11.3 Å². The monoisotopic (exact) mass is 518 g/mol. The van der Waals surface area contributed by atoms with Crippen LogP contribution in [-0.2, 0) is 11.2 Å². The van der Waals surface area contributed by atoms with E-state index in [1.807, 2.05) is 19.9 Å². The molecule has 1 aliphatic rings. The van der Waals surface area contributed by atoms with Gasteiger partial charge in [-0.25, -0.2) is 4.39 Å². The fourth-order valence-electron chi connectivity index (χ4n) is 4.31. The van der Waals surface area contributed by atoms with Crippen molar-refractivity contribution in [3.63, 3.8) is 0 Å². The minimum absolute atomic E-state index is 0.250. The number of aryl methyl sites for hydroxylation is 2. The molecule has 1 saturated heterocycles. The number of carbonyl (C=O) groups is 1. The fourth-order valence-corrected chi connectivity index (χ4v) is 4.31. The molecule has 0 atom stereocenters. The lowest BCUT2D eigenvalue weighted by Gasteiger charge is -2.40. The molecule has 2 N–H and O–H groups in total. The van der Waals surface area contributed by atoms with Gasteiger partial charge in [0, 0.05) is 30.0 Å². The SMILES string of the molecule is CC(C)(C)O.CCCOc1ccc(-c2c(C)nc(C)c(CC)c2N2CCC(C)(C)CC2)cc1F.O=CO. The Labute approximate surface area is 222 Å². The lowest BCUT2D eigenvalue weighted by Crippen LogP contribution is -2.38. The number of aliphatic hydroxyl groups is 1. The Morgan fingerprint density at radius 1 is 1.14 bits per heavy atom. The van der Waals surface area contributed by atoms with Crippen LogP contribution in [0.4, 0.5) is 10.1 Å². The van der Waals surface area contributed by atoms with E-state index in [2.05, 4.69) is 32.6 Å². The summed E-state index contributed by atoms with van der Waals surface area (Å²) in [5, 5.41) is 15.4. The molecule has 7 heteroatoms. The van der Waals surface area contributed by atoms with Crippen molar-refractivity contribution >= 4 is 12.2 Å². The number of piperidine rings is 1. The van der Waals surface area contributed by atoms with Crippen molar-refractivity contribution in [1.29, 1.82) is 0 Å². The molecule has 2 aromatic rings. The minimum Gasteiger partial charge on any atom is -0.491 e.